The van der Waals surface area contributed by atoms with Crippen molar-refractivity contribution in [3.8, 4) is 23.1 Å². The number of carbonyl (C=O) groups is 2. The second-order valence-corrected chi connectivity index (χ2v) is 8.08. The summed E-state index contributed by atoms with van der Waals surface area (Å²) in [5, 5.41) is 0.353. The minimum absolute atomic E-state index is 0.133. The van der Waals surface area contributed by atoms with E-state index in [0.717, 1.165) is 36.5 Å². The molecular formula is C25H18ClF3N4O5. The van der Waals surface area contributed by atoms with Gasteiger partial charge >= 0.3 is 11.8 Å². The predicted octanol–water partition coefficient (Wildman–Crippen LogP) is 5.02. The molecule has 0 radical (unpaired) electrons. The van der Waals surface area contributed by atoms with Crippen LogP contribution in [0.25, 0.3) is 10.9 Å². The van der Waals surface area contributed by atoms with E-state index in [1.165, 1.54) is 20.4 Å². The Bertz CT molecular complexity index is 1540. The number of pyridine rings is 2. The van der Waals surface area contributed by atoms with E-state index in [1.54, 1.807) is 18.2 Å². The van der Waals surface area contributed by atoms with Crippen LogP contribution in [0.1, 0.15) is 0 Å². The van der Waals surface area contributed by atoms with Crippen molar-refractivity contribution < 1.29 is 37.0 Å². The van der Waals surface area contributed by atoms with Crippen molar-refractivity contribution in [2.24, 2.45) is 5.73 Å². The van der Waals surface area contributed by atoms with E-state index in [9.17, 15) is 22.8 Å². The second kappa shape index (κ2) is 10.4. The van der Waals surface area contributed by atoms with Gasteiger partial charge in [0, 0.05) is 23.3 Å². The summed E-state index contributed by atoms with van der Waals surface area (Å²) in [4.78, 5) is 32.8. The van der Waals surface area contributed by atoms with Gasteiger partial charge < -0.3 is 19.9 Å². The molecular weight excluding hydrogens is 529 g/mol. The van der Waals surface area contributed by atoms with Crippen molar-refractivity contribution in [3.63, 3.8) is 0 Å². The number of carbonyl (C=O) groups excluding carboxylic acids is 2. The molecule has 0 saturated heterocycles. The summed E-state index contributed by atoms with van der Waals surface area (Å²) >= 11 is 6.35. The number of hydrogen-bond acceptors (Lipinski definition) is 7. The molecule has 0 aliphatic rings. The molecule has 38 heavy (non-hydrogen) atoms. The van der Waals surface area contributed by atoms with E-state index in [-0.39, 0.29) is 28.0 Å². The highest BCUT2D eigenvalue weighted by Gasteiger charge is 2.49. The Hall–Kier alpha value is -4.58. The number of aromatic nitrogens is 2. The van der Waals surface area contributed by atoms with Crippen molar-refractivity contribution in [3.05, 3.63) is 71.8 Å². The first-order valence-corrected chi connectivity index (χ1v) is 11.1. The molecule has 0 spiro atoms. The summed E-state index contributed by atoms with van der Waals surface area (Å²) in [6.45, 7) is 0. The molecule has 2 N–H and O–H groups in total. The predicted molar refractivity (Wildman–Crippen MR) is 132 cm³/mol. The number of ether oxygens (including phenoxy) is 3. The number of fused-ring (bicyclic) bond motifs is 1. The molecule has 0 bridgehead atoms. The minimum atomic E-state index is -4.58. The van der Waals surface area contributed by atoms with Crippen LogP contribution in [0.5, 0.6) is 23.1 Å². The van der Waals surface area contributed by atoms with Crippen molar-refractivity contribution in [2.45, 2.75) is 5.92 Å². The van der Waals surface area contributed by atoms with Crippen molar-refractivity contribution >= 4 is 45.7 Å². The van der Waals surface area contributed by atoms with Crippen LogP contribution in [-0.2, 0) is 9.59 Å². The van der Waals surface area contributed by atoms with Gasteiger partial charge in [-0.25, -0.2) is 9.37 Å². The third-order valence-electron chi connectivity index (χ3n) is 5.33. The number of anilines is 2. The average Bonchev–Trinajstić information content (AvgIpc) is 2.90. The maximum Gasteiger partial charge on any atom is 0.401 e. The summed E-state index contributed by atoms with van der Waals surface area (Å²) in [6.07, 6.45) is 2.50. The average molecular weight is 547 g/mol. The highest BCUT2D eigenvalue weighted by Crippen LogP contribution is 2.39. The van der Waals surface area contributed by atoms with Gasteiger partial charge in [0.05, 0.1) is 31.6 Å². The number of hydrogen-bond donors (Lipinski definition) is 1. The lowest BCUT2D eigenvalue weighted by molar-refractivity contribution is -0.155. The highest BCUT2D eigenvalue weighted by atomic mass is 35.5. The fourth-order valence-corrected chi connectivity index (χ4v) is 3.67. The molecule has 2 aromatic carbocycles. The van der Waals surface area contributed by atoms with Gasteiger partial charge in [0.25, 0.3) is 5.91 Å². The van der Waals surface area contributed by atoms with Crippen LogP contribution in [-0.4, -0.2) is 41.9 Å². The van der Waals surface area contributed by atoms with Crippen LogP contribution >= 0.6 is 11.6 Å². The van der Waals surface area contributed by atoms with Gasteiger partial charge in [0.2, 0.25) is 5.88 Å². The number of rotatable bonds is 8. The van der Waals surface area contributed by atoms with E-state index in [0.29, 0.717) is 27.3 Å². The smallest absolute Gasteiger partial charge is 0.401 e. The Morgan fingerprint density at radius 3 is 2.21 bits per heavy atom. The van der Waals surface area contributed by atoms with Crippen LogP contribution in [0.2, 0.25) is 5.02 Å². The number of nitrogens with two attached hydrogens (primary N) is 1. The van der Waals surface area contributed by atoms with Crippen LogP contribution < -0.4 is 24.8 Å². The zero-order valence-corrected chi connectivity index (χ0v) is 20.5. The van der Waals surface area contributed by atoms with E-state index >= 15 is 0 Å². The normalized spacial score (nSPS) is 11.2. The summed E-state index contributed by atoms with van der Waals surface area (Å²) in [6, 6.07) is 9.96. The van der Waals surface area contributed by atoms with Crippen LogP contribution in [0, 0.1) is 5.82 Å². The lowest BCUT2D eigenvalue weighted by Crippen LogP contribution is -2.49. The number of benzene rings is 2. The maximum absolute atomic E-state index is 14.3. The number of amides is 2. The molecule has 0 aliphatic carbocycles. The largest absolute Gasteiger partial charge is 0.493 e. The van der Waals surface area contributed by atoms with Crippen molar-refractivity contribution in [2.75, 3.05) is 19.1 Å². The summed E-state index contributed by atoms with van der Waals surface area (Å²) in [5.74, 6) is -8.39. The first-order chi connectivity index (χ1) is 18.1. The van der Waals surface area contributed by atoms with Crippen LogP contribution in [0.15, 0.2) is 60.9 Å². The molecule has 0 unspecified atom stereocenters. The van der Waals surface area contributed by atoms with Gasteiger partial charge in [-0.05, 0) is 42.5 Å². The zero-order chi connectivity index (χ0) is 27.6. The topological polar surface area (TPSA) is 117 Å². The molecule has 4 aromatic rings. The van der Waals surface area contributed by atoms with Crippen molar-refractivity contribution in [1.29, 1.82) is 0 Å². The summed E-state index contributed by atoms with van der Waals surface area (Å²) in [7, 11) is 2.95. The molecule has 0 saturated carbocycles. The highest BCUT2D eigenvalue weighted by molar-refractivity contribution is 6.32. The molecule has 9 nitrogen and oxygen atoms in total. The third-order valence-corrected chi connectivity index (χ3v) is 5.60. The quantitative estimate of drug-likeness (QED) is 0.308. The number of primary amides is 1. The molecule has 0 fully saturated rings. The van der Waals surface area contributed by atoms with Gasteiger partial charge in [-0.3, -0.25) is 19.5 Å². The Labute approximate surface area is 218 Å². The number of nitrogens with zero attached hydrogens (tertiary/aromatic N) is 3. The van der Waals surface area contributed by atoms with E-state index < -0.39 is 23.6 Å². The van der Waals surface area contributed by atoms with Gasteiger partial charge in [0.15, 0.2) is 11.5 Å². The fourth-order valence-electron chi connectivity index (χ4n) is 3.47. The van der Waals surface area contributed by atoms with Crippen LogP contribution in [0.4, 0.5) is 24.5 Å². The molecule has 4 rings (SSSR count). The Kier molecular flexibility index (Phi) is 7.26. The Morgan fingerprint density at radius 1 is 0.947 bits per heavy atom. The summed E-state index contributed by atoms with van der Waals surface area (Å²) < 4.78 is 58.6. The molecule has 2 amide bonds. The van der Waals surface area contributed by atoms with Crippen molar-refractivity contribution in [1.82, 2.24) is 9.97 Å². The Morgan fingerprint density at radius 2 is 1.61 bits per heavy atom. The van der Waals surface area contributed by atoms with E-state index in [2.05, 4.69) is 9.97 Å². The van der Waals surface area contributed by atoms with Gasteiger partial charge in [-0.1, -0.05) is 11.6 Å². The lowest BCUT2D eigenvalue weighted by Gasteiger charge is -2.26. The standard InChI is InChI=1S/C25H18ClF3N4O5/c1-36-20-10-16-18(11-21(20)37-2)31-8-7-19(16)38-22-17(26)9-15(12-32-22)33(14-5-3-13(27)4-6-14)24(35)25(28,29)23(30)34/h3-12H,1-2H3,(H2,30,34). The maximum atomic E-state index is 14.3. The summed E-state index contributed by atoms with van der Waals surface area (Å²) in [5.41, 5.74) is 4.79. The van der Waals surface area contributed by atoms with Crippen LogP contribution in [0.3, 0.4) is 0 Å². The minimum Gasteiger partial charge on any atom is -0.493 e. The Balaban J connectivity index is 1.75. The first kappa shape index (κ1) is 26.5. The van der Waals surface area contributed by atoms with E-state index in [4.69, 9.17) is 31.5 Å². The van der Waals surface area contributed by atoms with Gasteiger partial charge in [-0.15, -0.1) is 0 Å². The molecule has 196 valence electrons. The zero-order valence-electron chi connectivity index (χ0n) is 19.7. The molecule has 2 heterocycles. The number of methoxy groups -OCH3 is 2. The SMILES string of the molecule is COc1cc2nccc(Oc3ncc(N(C(=O)C(F)(F)C(N)=O)c4ccc(F)cc4)cc3Cl)c2cc1OC. The van der Waals surface area contributed by atoms with E-state index in [1.807, 2.05) is 0 Å². The second-order valence-electron chi connectivity index (χ2n) is 7.67. The monoisotopic (exact) mass is 546 g/mol. The first-order valence-electron chi connectivity index (χ1n) is 10.7. The molecule has 13 heteroatoms. The lowest BCUT2D eigenvalue weighted by atomic mass is 10.2. The molecule has 0 aliphatic heterocycles. The van der Waals surface area contributed by atoms with Gasteiger partial charge in [-0.2, -0.15) is 8.78 Å². The molecule has 0 atom stereocenters. The van der Waals surface area contributed by atoms with Gasteiger partial charge in [0.1, 0.15) is 16.6 Å². The number of halogens is 4. The third kappa shape index (κ3) is 4.98. The molecule has 2 aromatic heterocycles. The number of alkyl halides is 2. The fraction of sp³-hybridized carbons (Fsp3) is 0.120.